The summed E-state index contributed by atoms with van der Waals surface area (Å²) in [6, 6.07) is 17.1. The zero-order valence-electron chi connectivity index (χ0n) is 16.2. The van der Waals surface area contributed by atoms with Crippen LogP contribution < -0.4 is 0 Å². The maximum Gasteiger partial charge on any atom is 0.118 e. The molecule has 0 radical (unpaired) electrons. The van der Waals surface area contributed by atoms with Crippen molar-refractivity contribution in [1.29, 1.82) is 0 Å². The summed E-state index contributed by atoms with van der Waals surface area (Å²) in [6.07, 6.45) is 0.424. The summed E-state index contributed by atoms with van der Waals surface area (Å²) in [7, 11) is 0. The molecule has 156 valence electrons. The van der Waals surface area contributed by atoms with Gasteiger partial charge in [-0.25, -0.2) is 0 Å². The molecule has 7 heteroatoms. The molecule has 5 N–H and O–H groups in total. The van der Waals surface area contributed by atoms with Crippen molar-refractivity contribution in [3.63, 3.8) is 0 Å². The van der Waals surface area contributed by atoms with Gasteiger partial charge in [-0.3, -0.25) is 9.98 Å². The summed E-state index contributed by atoms with van der Waals surface area (Å²) in [6.45, 7) is -0.730. The molecule has 3 rings (SSSR count). The van der Waals surface area contributed by atoms with Crippen LogP contribution in [-0.2, 0) is 0 Å². The summed E-state index contributed by atoms with van der Waals surface area (Å²) < 4.78 is 0. The number of hydrogen-bond donors (Lipinski definition) is 5. The Morgan fingerprint density at radius 3 is 2.33 bits per heavy atom. The molecule has 7 nitrogen and oxygen atoms in total. The molecule has 4 atom stereocenters. The second-order valence-electron chi connectivity index (χ2n) is 6.84. The number of aliphatic hydroxyl groups excluding tert-OH is 5. The van der Waals surface area contributed by atoms with Crippen LogP contribution in [0.5, 0.6) is 0 Å². The second-order valence-corrected chi connectivity index (χ2v) is 6.84. The van der Waals surface area contributed by atoms with E-state index >= 15 is 0 Å². The minimum absolute atomic E-state index is 0.546. The summed E-state index contributed by atoms with van der Waals surface area (Å²) in [4.78, 5) is 8.42. The lowest BCUT2D eigenvalue weighted by molar-refractivity contribution is -0.0999. The van der Waals surface area contributed by atoms with Crippen molar-refractivity contribution >= 4 is 35.0 Å². The summed E-state index contributed by atoms with van der Waals surface area (Å²) in [5.41, 5.74) is 3.49. The van der Waals surface area contributed by atoms with Crippen LogP contribution in [0.3, 0.4) is 0 Å². The van der Waals surface area contributed by atoms with Gasteiger partial charge in [0.1, 0.15) is 24.4 Å². The molecule has 0 saturated heterocycles. The van der Waals surface area contributed by atoms with Crippen LogP contribution in [0.1, 0.15) is 11.1 Å². The Bertz CT molecular complexity index is 1010. The van der Waals surface area contributed by atoms with Crippen LogP contribution in [0, 0.1) is 0 Å². The highest BCUT2D eigenvalue weighted by Gasteiger charge is 2.29. The van der Waals surface area contributed by atoms with Crippen LogP contribution in [-0.4, -0.2) is 67.8 Å². The fraction of sp³-hybridized carbons (Fsp3) is 0.217. The lowest BCUT2D eigenvalue weighted by Gasteiger charge is -2.23. The Morgan fingerprint density at radius 2 is 1.60 bits per heavy atom. The average Bonchev–Trinajstić information content (AvgIpc) is 2.80. The van der Waals surface area contributed by atoms with E-state index in [1.54, 1.807) is 18.3 Å². The fourth-order valence-electron chi connectivity index (χ4n) is 2.91. The molecule has 0 aliphatic carbocycles. The summed E-state index contributed by atoms with van der Waals surface area (Å²) >= 11 is 0. The van der Waals surface area contributed by atoms with Gasteiger partial charge in [-0.2, -0.15) is 0 Å². The molecule has 0 fully saturated rings. The maximum absolute atomic E-state index is 9.88. The largest absolute Gasteiger partial charge is 0.394 e. The Morgan fingerprint density at radius 1 is 0.867 bits per heavy atom. The van der Waals surface area contributed by atoms with Gasteiger partial charge in [0.25, 0.3) is 0 Å². The lowest BCUT2D eigenvalue weighted by Crippen LogP contribution is -2.46. The Hall–Kier alpha value is -2.94. The highest BCUT2D eigenvalue weighted by atomic mass is 16.4. The van der Waals surface area contributed by atoms with Crippen LogP contribution in [0.25, 0.3) is 23.1 Å². The molecule has 4 unspecified atom stereocenters. The van der Waals surface area contributed by atoms with E-state index in [-0.39, 0.29) is 0 Å². The van der Waals surface area contributed by atoms with Crippen molar-refractivity contribution in [2.75, 3.05) is 6.61 Å². The Labute approximate surface area is 173 Å². The molecule has 0 aliphatic heterocycles. The number of rotatable bonds is 8. The third-order valence-corrected chi connectivity index (χ3v) is 4.69. The number of aliphatic hydroxyl groups is 5. The first kappa shape index (κ1) is 21.8. The molecule has 0 aliphatic rings. The Balaban J connectivity index is 1.66. The van der Waals surface area contributed by atoms with Gasteiger partial charge < -0.3 is 25.5 Å². The highest BCUT2D eigenvalue weighted by molar-refractivity contribution is 5.90. The van der Waals surface area contributed by atoms with E-state index < -0.39 is 31.0 Å². The number of nitrogens with zero attached hydrogens (tertiary/aromatic N) is 2. The van der Waals surface area contributed by atoms with Crippen molar-refractivity contribution in [2.24, 2.45) is 4.99 Å². The van der Waals surface area contributed by atoms with Crippen molar-refractivity contribution < 1.29 is 25.5 Å². The Kier molecular flexibility index (Phi) is 7.40. The number of benzene rings is 2. The van der Waals surface area contributed by atoms with Crippen LogP contribution >= 0.6 is 0 Å². The lowest BCUT2D eigenvalue weighted by atomic mass is 10.0. The first-order valence-corrected chi connectivity index (χ1v) is 9.49. The predicted octanol–water partition coefficient (Wildman–Crippen LogP) is 1.54. The van der Waals surface area contributed by atoms with Gasteiger partial charge in [-0.1, -0.05) is 42.5 Å². The minimum Gasteiger partial charge on any atom is -0.394 e. The molecule has 1 aromatic heterocycles. The van der Waals surface area contributed by atoms with Gasteiger partial charge in [0.15, 0.2) is 0 Å². The SMILES string of the molecule is OCC(O)C(O)C(O)C(O)C=Nc1ccc(C=Cc2ccnc3ccccc23)cc1. The third-order valence-electron chi connectivity index (χ3n) is 4.69. The molecule has 1 heterocycles. The molecular weight excluding hydrogens is 384 g/mol. The van der Waals surface area contributed by atoms with E-state index in [9.17, 15) is 20.4 Å². The molecule has 30 heavy (non-hydrogen) atoms. The topological polar surface area (TPSA) is 126 Å². The molecule has 0 bridgehead atoms. The van der Waals surface area contributed by atoms with Crippen molar-refractivity contribution in [1.82, 2.24) is 4.98 Å². The van der Waals surface area contributed by atoms with E-state index in [1.807, 2.05) is 54.6 Å². The molecule has 0 amide bonds. The standard InChI is InChI=1S/C23H24N2O5/c26-14-21(28)23(30)22(29)20(27)13-25-17-9-6-15(7-10-17)5-8-16-11-12-24-19-4-2-1-3-18(16)19/h1-13,20-23,26-30H,14H2. The molecule has 3 aromatic rings. The fourth-order valence-corrected chi connectivity index (χ4v) is 2.91. The van der Waals surface area contributed by atoms with E-state index in [0.29, 0.717) is 5.69 Å². The van der Waals surface area contributed by atoms with E-state index in [1.165, 1.54) is 0 Å². The number of aromatic nitrogens is 1. The van der Waals surface area contributed by atoms with Gasteiger partial charge in [0.05, 0.1) is 17.8 Å². The van der Waals surface area contributed by atoms with Gasteiger partial charge >= 0.3 is 0 Å². The van der Waals surface area contributed by atoms with E-state index in [4.69, 9.17) is 5.11 Å². The van der Waals surface area contributed by atoms with Crippen molar-refractivity contribution in [3.05, 3.63) is 71.9 Å². The first-order chi connectivity index (χ1) is 14.5. The molecule has 0 spiro atoms. The van der Waals surface area contributed by atoms with Crippen molar-refractivity contribution in [2.45, 2.75) is 24.4 Å². The minimum atomic E-state index is -1.69. The van der Waals surface area contributed by atoms with Crippen LogP contribution in [0.4, 0.5) is 5.69 Å². The molecule has 0 saturated carbocycles. The molecule has 2 aromatic carbocycles. The quantitative estimate of drug-likeness (QED) is 0.360. The van der Waals surface area contributed by atoms with Crippen LogP contribution in [0.2, 0.25) is 0 Å². The molecular formula is C23H24N2O5. The summed E-state index contributed by atoms with van der Waals surface area (Å²) in [5, 5.41) is 48.5. The van der Waals surface area contributed by atoms with E-state index in [0.717, 1.165) is 28.2 Å². The van der Waals surface area contributed by atoms with Gasteiger partial charge in [-0.05, 0) is 35.4 Å². The smallest absolute Gasteiger partial charge is 0.118 e. The number of hydrogen-bond acceptors (Lipinski definition) is 7. The highest BCUT2D eigenvalue weighted by Crippen LogP contribution is 2.20. The number of aliphatic imine (C=N–C) groups is 1. The maximum atomic E-state index is 9.88. The van der Waals surface area contributed by atoms with Gasteiger partial charge in [0, 0.05) is 17.8 Å². The van der Waals surface area contributed by atoms with Gasteiger partial charge in [0.2, 0.25) is 0 Å². The normalized spacial score (nSPS) is 16.2. The number of fused-ring (bicyclic) bond motifs is 1. The predicted molar refractivity (Wildman–Crippen MR) is 116 cm³/mol. The monoisotopic (exact) mass is 408 g/mol. The zero-order chi connectivity index (χ0) is 21.5. The van der Waals surface area contributed by atoms with Crippen molar-refractivity contribution in [3.8, 4) is 0 Å². The summed E-state index contributed by atoms with van der Waals surface area (Å²) in [5.74, 6) is 0. The number of para-hydroxylation sites is 1. The zero-order valence-corrected chi connectivity index (χ0v) is 16.2. The first-order valence-electron chi connectivity index (χ1n) is 9.49. The third kappa shape index (κ3) is 5.35. The second kappa shape index (κ2) is 10.2. The number of pyridine rings is 1. The van der Waals surface area contributed by atoms with E-state index in [2.05, 4.69) is 9.98 Å². The van der Waals surface area contributed by atoms with Crippen LogP contribution in [0.15, 0.2) is 65.8 Å². The average molecular weight is 408 g/mol. The van der Waals surface area contributed by atoms with Gasteiger partial charge in [-0.15, -0.1) is 0 Å².